The molecule has 0 saturated carbocycles. The first-order chi connectivity index (χ1) is 7.95. The molecule has 0 spiro atoms. The first kappa shape index (κ1) is 12.6. The van der Waals surface area contributed by atoms with Crippen LogP contribution in [0.2, 0.25) is 0 Å². The average molecular weight is 233 g/mol. The van der Waals surface area contributed by atoms with E-state index in [-0.39, 0.29) is 11.2 Å². The second kappa shape index (κ2) is 4.43. The molecule has 2 rings (SSSR count). The smallest absolute Gasteiger partial charge is 0.103 e. The van der Waals surface area contributed by atoms with Crippen LogP contribution in [-0.2, 0) is 16.8 Å². The van der Waals surface area contributed by atoms with Crippen molar-refractivity contribution in [2.45, 2.75) is 45.3 Å². The summed E-state index contributed by atoms with van der Waals surface area (Å²) in [5.74, 6) is 0. The van der Waals surface area contributed by atoms with E-state index in [1.54, 1.807) is 0 Å². The Morgan fingerprint density at radius 3 is 2.29 bits per heavy atom. The Balaban J connectivity index is 2.24. The highest BCUT2D eigenvalue weighted by Crippen LogP contribution is 2.32. The molecule has 1 aliphatic rings. The highest BCUT2D eigenvalue weighted by Gasteiger charge is 2.38. The lowest BCUT2D eigenvalue weighted by Crippen LogP contribution is -2.55. The molecule has 1 fully saturated rings. The molecule has 2 heteroatoms. The Hall–Kier alpha value is -0.860. The van der Waals surface area contributed by atoms with Gasteiger partial charge in [-0.25, -0.2) is 0 Å². The minimum absolute atomic E-state index is 0.101. The second-order valence-electron chi connectivity index (χ2n) is 5.75. The molecule has 1 atom stereocenters. The zero-order chi connectivity index (χ0) is 12.5. The van der Waals surface area contributed by atoms with E-state index in [1.165, 1.54) is 11.1 Å². The maximum atomic E-state index is 6.26. The molecule has 1 aromatic rings. The van der Waals surface area contributed by atoms with Gasteiger partial charge < -0.3 is 10.1 Å². The number of hydrogen-bond acceptors (Lipinski definition) is 2. The van der Waals surface area contributed by atoms with E-state index in [0.29, 0.717) is 0 Å². The topological polar surface area (TPSA) is 21.3 Å². The van der Waals surface area contributed by atoms with Crippen molar-refractivity contribution in [2.75, 3.05) is 13.1 Å². The van der Waals surface area contributed by atoms with Gasteiger partial charge in [-0.05, 0) is 38.3 Å². The summed E-state index contributed by atoms with van der Waals surface area (Å²) in [6.45, 7) is 10.4. The molecule has 1 unspecified atom stereocenters. The Labute approximate surface area is 104 Å². The maximum Gasteiger partial charge on any atom is 0.103 e. The molecular formula is C15H23NO. The first-order valence-electron chi connectivity index (χ1n) is 6.45. The van der Waals surface area contributed by atoms with Gasteiger partial charge in [-0.15, -0.1) is 0 Å². The van der Waals surface area contributed by atoms with Gasteiger partial charge in [0.25, 0.3) is 0 Å². The number of aryl methyl sites for hydroxylation is 1. The van der Waals surface area contributed by atoms with E-state index >= 15 is 0 Å². The lowest BCUT2D eigenvalue weighted by atomic mass is 9.91. The van der Waals surface area contributed by atoms with E-state index in [1.807, 2.05) is 0 Å². The highest BCUT2D eigenvalue weighted by atomic mass is 16.5. The quantitative estimate of drug-likeness (QED) is 0.848. The van der Waals surface area contributed by atoms with Gasteiger partial charge in [-0.2, -0.15) is 0 Å². The summed E-state index contributed by atoms with van der Waals surface area (Å²) in [6, 6.07) is 8.79. The van der Waals surface area contributed by atoms with Gasteiger partial charge in [0, 0.05) is 13.1 Å². The van der Waals surface area contributed by atoms with Crippen LogP contribution in [0.5, 0.6) is 0 Å². The van der Waals surface area contributed by atoms with Crippen LogP contribution < -0.4 is 5.32 Å². The summed E-state index contributed by atoms with van der Waals surface area (Å²) in [5.41, 5.74) is 2.32. The molecule has 94 valence electrons. The van der Waals surface area contributed by atoms with Crippen molar-refractivity contribution in [3.05, 3.63) is 35.4 Å². The predicted octanol–water partition coefficient (Wildman–Crippen LogP) is 2.86. The largest absolute Gasteiger partial charge is 0.362 e. The molecule has 2 nitrogen and oxygen atoms in total. The van der Waals surface area contributed by atoms with Crippen molar-refractivity contribution in [1.29, 1.82) is 0 Å². The van der Waals surface area contributed by atoms with Gasteiger partial charge in [0.15, 0.2) is 0 Å². The van der Waals surface area contributed by atoms with Crippen LogP contribution in [0.1, 0.15) is 38.8 Å². The zero-order valence-electron chi connectivity index (χ0n) is 11.3. The van der Waals surface area contributed by atoms with E-state index in [2.05, 4.69) is 57.3 Å². The molecule has 1 aromatic carbocycles. The average Bonchev–Trinajstić information content (AvgIpc) is 2.27. The Morgan fingerprint density at radius 1 is 1.12 bits per heavy atom. The summed E-state index contributed by atoms with van der Waals surface area (Å²) in [7, 11) is 0. The molecule has 17 heavy (non-hydrogen) atoms. The lowest BCUT2D eigenvalue weighted by Gasteiger charge is -2.44. The van der Waals surface area contributed by atoms with Gasteiger partial charge in [-0.1, -0.05) is 31.2 Å². The van der Waals surface area contributed by atoms with E-state index in [0.717, 1.165) is 19.5 Å². The molecule has 0 bridgehead atoms. The van der Waals surface area contributed by atoms with Gasteiger partial charge in [0.2, 0.25) is 0 Å². The molecule has 1 saturated heterocycles. The summed E-state index contributed by atoms with van der Waals surface area (Å²) in [4.78, 5) is 0. The van der Waals surface area contributed by atoms with Gasteiger partial charge >= 0.3 is 0 Å². The fraction of sp³-hybridized carbons (Fsp3) is 0.600. The number of nitrogens with one attached hydrogen (secondary N) is 1. The summed E-state index contributed by atoms with van der Waals surface area (Å²) < 4.78 is 6.26. The third-order valence-corrected chi connectivity index (χ3v) is 3.49. The van der Waals surface area contributed by atoms with Crippen LogP contribution in [0, 0.1) is 0 Å². The van der Waals surface area contributed by atoms with Crippen LogP contribution in [0.4, 0.5) is 0 Å². The van der Waals surface area contributed by atoms with Crippen molar-refractivity contribution in [3.63, 3.8) is 0 Å². The number of hydrogen-bond donors (Lipinski definition) is 1. The van der Waals surface area contributed by atoms with E-state index < -0.39 is 0 Å². The third-order valence-electron chi connectivity index (χ3n) is 3.49. The highest BCUT2D eigenvalue weighted by molar-refractivity contribution is 5.28. The molecule has 0 amide bonds. The molecule has 1 aliphatic heterocycles. The van der Waals surface area contributed by atoms with E-state index in [4.69, 9.17) is 4.74 Å². The molecule has 0 aliphatic carbocycles. The predicted molar refractivity (Wildman–Crippen MR) is 71.2 cm³/mol. The minimum Gasteiger partial charge on any atom is -0.362 e. The zero-order valence-corrected chi connectivity index (χ0v) is 11.3. The number of ether oxygens (including phenoxy) is 1. The normalized spacial score (nSPS) is 28.0. The third kappa shape index (κ3) is 2.70. The van der Waals surface area contributed by atoms with Crippen LogP contribution in [-0.4, -0.2) is 18.7 Å². The minimum atomic E-state index is -0.214. The summed E-state index contributed by atoms with van der Waals surface area (Å²) in [5, 5.41) is 3.47. The van der Waals surface area contributed by atoms with Crippen molar-refractivity contribution in [2.24, 2.45) is 0 Å². The van der Waals surface area contributed by atoms with E-state index in [9.17, 15) is 0 Å². The fourth-order valence-electron chi connectivity index (χ4n) is 2.54. The number of rotatable bonds is 2. The van der Waals surface area contributed by atoms with Crippen LogP contribution in [0.25, 0.3) is 0 Å². The van der Waals surface area contributed by atoms with Crippen molar-refractivity contribution in [1.82, 2.24) is 5.32 Å². The molecule has 1 N–H and O–H groups in total. The molecule has 1 heterocycles. The molecule has 0 aromatic heterocycles. The molecule has 0 radical (unpaired) electrons. The Bertz CT molecular complexity index is 382. The van der Waals surface area contributed by atoms with Gasteiger partial charge in [0.05, 0.1) is 5.60 Å². The van der Waals surface area contributed by atoms with Crippen LogP contribution in [0.15, 0.2) is 24.3 Å². The van der Waals surface area contributed by atoms with Gasteiger partial charge in [0.1, 0.15) is 5.60 Å². The monoisotopic (exact) mass is 233 g/mol. The van der Waals surface area contributed by atoms with Crippen molar-refractivity contribution >= 4 is 0 Å². The Kier molecular flexibility index (Phi) is 3.28. The van der Waals surface area contributed by atoms with Crippen molar-refractivity contribution < 1.29 is 4.74 Å². The van der Waals surface area contributed by atoms with Crippen molar-refractivity contribution in [3.8, 4) is 0 Å². The summed E-state index contributed by atoms with van der Waals surface area (Å²) in [6.07, 6.45) is 1.08. The summed E-state index contributed by atoms with van der Waals surface area (Å²) >= 11 is 0. The first-order valence-corrected chi connectivity index (χ1v) is 6.45. The Morgan fingerprint density at radius 2 is 1.76 bits per heavy atom. The molecular weight excluding hydrogens is 210 g/mol. The second-order valence-corrected chi connectivity index (χ2v) is 5.75. The SMILES string of the molecule is CCc1ccc(C2(C)CNCC(C)(C)O2)cc1. The maximum absolute atomic E-state index is 6.26. The number of morpholine rings is 1. The van der Waals surface area contributed by atoms with Crippen LogP contribution in [0.3, 0.4) is 0 Å². The lowest BCUT2D eigenvalue weighted by molar-refractivity contribution is -0.157. The fourth-order valence-corrected chi connectivity index (χ4v) is 2.54. The van der Waals surface area contributed by atoms with Gasteiger partial charge in [-0.3, -0.25) is 0 Å². The number of benzene rings is 1. The van der Waals surface area contributed by atoms with Crippen LogP contribution >= 0.6 is 0 Å². The standard InChI is InChI=1S/C15H23NO/c1-5-12-6-8-13(9-7-12)15(4)11-16-10-14(2,3)17-15/h6-9,16H,5,10-11H2,1-4H3.